The number of rotatable bonds is 6. The van der Waals surface area contributed by atoms with E-state index in [1.807, 2.05) is 6.20 Å². The van der Waals surface area contributed by atoms with Crippen LogP contribution < -0.4 is 10.2 Å². The van der Waals surface area contributed by atoms with Gasteiger partial charge in [0, 0.05) is 36.8 Å². The minimum Gasteiger partial charge on any atom is -0.354 e. The molecule has 0 aliphatic carbocycles. The molecule has 4 heteroatoms. The second-order valence-electron chi connectivity index (χ2n) is 6.36. The number of hydrogen-bond donors (Lipinski definition) is 1. The molecule has 1 aromatic heterocycles. The van der Waals surface area contributed by atoms with E-state index in [2.05, 4.69) is 55.7 Å². The molecular formula is C17H29N3S. The van der Waals surface area contributed by atoms with E-state index in [4.69, 9.17) is 4.98 Å². The lowest BCUT2D eigenvalue weighted by Crippen LogP contribution is -2.38. The maximum absolute atomic E-state index is 4.75. The van der Waals surface area contributed by atoms with Crippen LogP contribution >= 0.6 is 11.8 Å². The Balaban J connectivity index is 1.98. The monoisotopic (exact) mass is 307 g/mol. The van der Waals surface area contributed by atoms with Gasteiger partial charge in [-0.25, -0.2) is 4.98 Å². The number of aryl methyl sites for hydroxylation is 1. The predicted molar refractivity (Wildman–Crippen MR) is 94.3 cm³/mol. The van der Waals surface area contributed by atoms with Gasteiger partial charge >= 0.3 is 0 Å². The molecule has 0 saturated carbocycles. The van der Waals surface area contributed by atoms with Gasteiger partial charge in [-0.15, -0.1) is 0 Å². The van der Waals surface area contributed by atoms with Gasteiger partial charge in [0.05, 0.1) is 0 Å². The second kappa shape index (κ2) is 8.04. The zero-order valence-electron chi connectivity index (χ0n) is 13.9. The van der Waals surface area contributed by atoms with Crippen LogP contribution in [0.2, 0.25) is 0 Å². The van der Waals surface area contributed by atoms with Crippen molar-refractivity contribution in [2.24, 2.45) is 5.92 Å². The minimum absolute atomic E-state index is 0.690. The maximum Gasteiger partial charge on any atom is 0.131 e. The summed E-state index contributed by atoms with van der Waals surface area (Å²) in [4.78, 5) is 7.21. The summed E-state index contributed by atoms with van der Waals surface area (Å²) in [6, 6.07) is 2.29. The molecule has 0 radical (unpaired) electrons. The van der Waals surface area contributed by atoms with Gasteiger partial charge in [-0.05, 0) is 43.0 Å². The summed E-state index contributed by atoms with van der Waals surface area (Å²) in [5.41, 5.74) is 2.59. The Bertz CT molecular complexity index is 448. The first-order valence-electron chi connectivity index (χ1n) is 8.13. The molecule has 2 rings (SSSR count). The first-order valence-corrected chi connectivity index (χ1v) is 9.17. The Kier molecular flexibility index (Phi) is 6.37. The summed E-state index contributed by atoms with van der Waals surface area (Å²) in [6.07, 6.45) is 3.29. The molecular weight excluding hydrogens is 278 g/mol. The number of nitrogens with zero attached hydrogens (tertiary/aromatic N) is 2. The van der Waals surface area contributed by atoms with Crippen molar-refractivity contribution in [3.05, 3.63) is 23.4 Å². The van der Waals surface area contributed by atoms with Gasteiger partial charge in [0.15, 0.2) is 0 Å². The molecule has 0 amide bonds. The molecule has 1 aliphatic rings. The zero-order chi connectivity index (χ0) is 15.2. The van der Waals surface area contributed by atoms with Gasteiger partial charge in [0.1, 0.15) is 5.82 Å². The number of hydrogen-bond acceptors (Lipinski definition) is 4. The van der Waals surface area contributed by atoms with Gasteiger partial charge < -0.3 is 10.2 Å². The van der Waals surface area contributed by atoms with E-state index in [-0.39, 0.29) is 0 Å². The molecule has 1 fully saturated rings. The lowest BCUT2D eigenvalue weighted by molar-refractivity contribution is 0.551. The smallest absolute Gasteiger partial charge is 0.131 e. The van der Waals surface area contributed by atoms with Crippen LogP contribution in [0.3, 0.4) is 0 Å². The van der Waals surface area contributed by atoms with Crippen molar-refractivity contribution in [3.8, 4) is 0 Å². The van der Waals surface area contributed by atoms with E-state index in [0.717, 1.165) is 31.4 Å². The van der Waals surface area contributed by atoms with Crippen LogP contribution in [-0.4, -0.2) is 35.6 Å². The third-order valence-electron chi connectivity index (χ3n) is 3.88. The minimum atomic E-state index is 0.690. The van der Waals surface area contributed by atoms with Crippen molar-refractivity contribution in [2.45, 2.75) is 45.9 Å². The highest BCUT2D eigenvalue weighted by molar-refractivity contribution is 8.00. The molecule has 118 valence electrons. The molecule has 0 spiro atoms. The van der Waals surface area contributed by atoms with Crippen LogP contribution in [0, 0.1) is 12.8 Å². The molecule has 1 aliphatic heterocycles. The van der Waals surface area contributed by atoms with E-state index < -0.39 is 0 Å². The molecule has 1 aromatic rings. The van der Waals surface area contributed by atoms with Crippen LogP contribution in [-0.2, 0) is 6.54 Å². The standard InChI is InChI=1S/C17H29N3S/c1-5-16-12-20(6-7-21-16)17-14(4)8-15(11-19-17)10-18-9-13(2)3/h8,11,13,16,18H,5-7,9-10,12H2,1-4H3. The van der Waals surface area contributed by atoms with Crippen molar-refractivity contribution < 1.29 is 0 Å². The molecule has 1 atom stereocenters. The molecule has 21 heavy (non-hydrogen) atoms. The average Bonchev–Trinajstić information content (AvgIpc) is 2.47. The molecule has 1 N–H and O–H groups in total. The fraction of sp³-hybridized carbons (Fsp3) is 0.706. The fourth-order valence-electron chi connectivity index (χ4n) is 2.72. The van der Waals surface area contributed by atoms with Crippen LogP contribution in [0.5, 0.6) is 0 Å². The molecule has 2 heterocycles. The van der Waals surface area contributed by atoms with Crippen molar-refractivity contribution in [3.63, 3.8) is 0 Å². The van der Waals surface area contributed by atoms with Gasteiger partial charge in [-0.3, -0.25) is 0 Å². The number of anilines is 1. The number of thioether (sulfide) groups is 1. The van der Waals surface area contributed by atoms with Gasteiger partial charge in [0.25, 0.3) is 0 Å². The third kappa shape index (κ3) is 4.89. The van der Waals surface area contributed by atoms with Crippen molar-refractivity contribution in [1.29, 1.82) is 0 Å². The van der Waals surface area contributed by atoms with Crippen LogP contribution in [0.25, 0.3) is 0 Å². The highest BCUT2D eigenvalue weighted by atomic mass is 32.2. The van der Waals surface area contributed by atoms with Gasteiger partial charge in [0.2, 0.25) is 0 Å². The highest BCUT2D eigenvalue weighted by Crippen LogP contribution is 2.26. The summed E-state index contributed by atoms with van der Waals surface area (Å²) in [5, 5.41) is 4.24. The Morgan fingerprint density at radius 1 is 1.48 bits per heavy atom. The average molecular weight is 308 g/mol. The summed E-state index contributed by atoms with van der Waals surface area (Å²) in [5.74, 6) is 3.09. The topological polar surface area (TPSA) is 28.2 Å². The first-order chi connectivity index (χ1) is 10.1. The molecule has 3 nitrogen and oxygen atoms in total. The number of pyridine rings is 1. The second-order valence-corrected chi connectivity index (χ2v) is 7.76. The van der Waals surface area contributed by atoms with Crippen LogP contribution in [0.1, 0.15) is 38.3 Å². The summed E-state index contributed by atoms with van der Waals surface area (Å²) >= 11 is 2.10. The van der Waals surface area contributed by atoms with Crippen molar-refractivity contribution in [2.75, 3.05) is 30.3 Å². The number of aromatic nitrogens is 1. The number of nitrogens with one attached hydrogen (secondary N) is 1. The normalized spacial score (nSPS) is 19.3. The Labute approximate surface area is 133 Å². The maximum atomic E-state index is 4.75. The molecule has 1 saturated heterocycles. The van der Waals surface area contributed by atoms with Crippen molar-refractivity contribution >= 4 is 17.6 Å². The Hall–Kier alpha value is -0.740. The molecule has 1 unspecified atom stereocenters. The molecule has 0 bridgehead atoms. The van der Waals surface area contributed by atoms with Gasteiger partial charge in [-0.1, -0.05) is 20.8 Å². The summed E-state index contributed by atoms with van der Waals surface area (Å²) in [6.45, 7) is 13.2. The van der Waals surface area contributed by atoms with E-state index in [1.165, 1.54) is 29.1 Å². The quantitative estimate of drug-likeness (QED) is 0.871. The first kappa shape index (κ1) is 16.6. The van der Waals surface area contributed by atoms with Crippen molar-refractivity contribution in [1.82, 2.24) is 10.3 Å². The lowest BCUT2D eigenvalue weighted by Gasteiger charge is -2.33. The molecule has 0 aromatic carbocycles. The predicted octanol–water partition coefficient (Wildman–Crippen LogP) is 3.47. The lowest BCUT2D eigenvalue weighted by atomic mass is 10.1. The van der Waals surface area contributed by atoms with Crippen LogP contribution in [0.4, 0.5) is 5.82 Å². The third-order valence-corrected chi connectivity index (χ3v) is 5.25. The SMILES string of the molecule is CCC1CN(c2ncc(CNCC(C)C)cc2C)CCS1. The highest BCUT2D eigenvalue weighted by Gasteiger charge is 2.21. The van der Waals surface area contributed by atoms with E-state index in [9.17, 15) is 0 Å². The van der Waals surface area contributed by atoms with E-state index in [0.29, 0.717) is 5.92 Å². The summed E-state index contributed by atoms with van der Waals surface area (Å²) < 4.78 is 0. The Morgan fingerprint density at radius 3 is 2.95 bits per heavy atom. The van der Waals surface area contributed by atoms with Crippen LogP contribution in [0.15, 0.2) is 12.3 Å². The largest absolute Gasteiger partial charge is 0.354 e. The Morgan fingerprint density at radius 2 is 2.29 bits per heavy atom. The van der Waals surface area contributed by atoms with E-state index >= 15 is 0 Å². The summed E-state index contributed by atoms with van der Waals surface area (Å²) in [7, 11) is 0. The van der Waals surface area contributed by atoms with E-state index in [1.54, 1.807) is 0 Å². The fourth-order valence-corrected chi connectivity index (χ4v) is 3.90. The zero-order valence-corrected chi connectivity index (χ0v) is 14.7. The van der Waals surface area contributed by atoms with Gasteiger partial charge in [-0.2, -0.15) is 11.8 Å².